The highest BCUT2D eigenvalue weighted by molar-refractivity contribution is 7.89. The Morgan fingerprint density at radius 3 is 2.89 bits per heavy atom. The molecule has 0 aliphatic heterocycles. The minimum atomic E-state index is -3.60. The van der Waals surface area contributed by atoms with Gasteiger partial charge in [-0.15, -0.1) is 0 Å². The van der Waals surface area contributed by atoms with Gasteiger partial charge in [-0.05, 0) is 30.9 Å². The summed E-state index contributed by atoms with van der Waals surface area (Å²) in [5.74, 6) is 0.536. The molecule has 1 saturated carbocycles. The molecule has 0 spiro atoms. The van der Waals surface area contributed by atoms with Crippen molar-refractivity contribution in [2.24, 2.45) is 5.92 Å². The Kier molecular flexibility index (Phi) is 2.75. The molecule has 0 atom stereocenters. The van der Waals surface area contributed by atoms with Crippen molar-refractivity contribution in [1.29, 1.82) is 0 Å². The molecule has 0 radical (unpaired) electrons. The van der Waals surface area contributed by atoms with E-state index in [1.807, 2.05) is 0 Å². The van der Waals surface area contributed by atoms with E-state index in [1.54, 1.807) is 31.4 Å². The van der Waals surface area contributed by atoms with Gasteiger partial charge in [-0.25, -0.2) is 13.4 Å². The van der Waals surface area contributed by atoms with E-state index in [0.717, 1.165) is 12.8 Å². The number of fused-ring (bicyclic) bond motifs is 1. The van der Waals surface area contributed by atoms with E-state index in [2.05, 4.69) is 4.98 Å². The van der Waals surface area contributed by atoms with Gasteiger partial charge in [-0.1, -0.05) is 6.07 Å². The topological polar surface area (TPSA) is 80.7 Å². The molecule has 3 rings (SSSR count). The number of imidazole rings is 1. The third-order valence-corrected chi connectivity index (χ3v) is 5.24. The summed E-state index contributed by atoms with van der Waals surface area (Å²) in [6, 6.07) is 5.29. The monoisotopic (exact) mass is 280 g/mol. The number of rotatable bonds is 4. The van der Waals surface area contributed by atoms with E-state index in [0.29, 0.717) is 18.1 Å². The predicted octanol–water partition coefficient (Wildman–Crippen LogP) is 0.947. The van der Waals surface area contributed by atoms with Gasteiger partial charge in [-0.2, -0.15) is 4.31 Å². The van der Waals surface area contributed by atoms with Crippen LogP contribution in [0.3, 0.4) is 0 Å². The van der Waals surface area contributed by atoms with Crippen molar-refractivity contribution in [3.05, 3.63) is 24.4 Å². The average molecular weight is 280 g/mol. The molecule has 1 aliphatic rings. The first-order chi connectivity index (χ1) is 9.00. The molecule has 7 heteroatoms. The average Bonchev–Trinajstić information content (AvgIpc) is 3.08. The van der Waals surface area contributed by atoms with Gasteiger partial charge < -0.3 is 5.73 Å². The first kappa shape index (κ1) is 12.4. The van der Waals surface area contributed by atoms with Gasteiger partial charge in [0.1, 0.15) is 5.65 Å². The lowest BCUT2D eigenvalue weighted by Crippen LogP contribution is -2.30. The Labute approximate surface area is 111 Å². The lowest BCUT2D eigenvalue weighted by atomic mass is 10.4. The molecule has 1 aliphatic carbocycles. The summed E-state index contributed by atoms with van der Waals surface area (Å²) in [6.45, 7) is 0.543. The zero-order valence-corrected chi connectivity index (χ0v) is 11.5. The number of pyridine rings is 1. The van der Waals surface area contributed by atoms with Crippen LogP contribution in [0.25, 0.3) is 5.65 Å². The standard InChI is InChI=1S/C12H16N4O2S/c1-15(8-9-5-6-9)19(17,18)12-11(13)14-10-4-2-3-7-16(10)12/h2-4,7,9H,5-6,8,13H2,1H3. The molecular weight excluding hydrogens is 264 g/mol. The molecule has 0 unspecified atom stereocenters. The lowest BCUT2D eigenvalue weighted by molar-refractivity contribution is 0.450. The molecule has 19 heavy (non-hydrogen) atoms. The van der Waals surface area contributed by atoms with Crippen LogP contribution in [-0.2, 0) is 10.0 Å². The summed E-state index contributed by atoms with van der Waals surface area (Å²) < 4.78 is 28.0. The van der Waals surface area contributed by atoms with Crippen LogP contribution in [0.1, 0.15) is 12.8 Å². The third-order valence-electron chi connectivity index (χ3n) is 3.38. The van der Waals surface area contributed by atoms with Gasteiger partial charge >= 0.3 is 0 Å². The van der Waals surface area contributed by atoms with Gasteiger partial charge in [-0.3, -0.25) is 4.40 Å². The van der Waals surface area contributed by atoms with Gasteiger partial charge in [0.2, 0.25) is 0 Å². The SMILES string of the molecule is CN(CC1CC1)S(=O)(=O)c1c(N)nc2ccccn12. The minimum absolute atomic E-state index is 0.0499. The van der Waals surface area contributed by atoms with Crippen molar-refractivity contribution in [1.82, 2.24) is 13.7 Å². The number of anilines is 1. The summed E-state index contributed by atoms with van der Waals surface area (Å²) in [7, 11) is -2.01. The van der Waals surface area contributed by atoms with Crippen molar-refractivity contribution < 1.29 is 8.42 Å². The number of hydrogen-bond donors (Lipinski definition) is 1. The van der Waals surface area contributed by atoms with E-state index in [1.165, 1.54) is 8.71 Å². The first-order valence-corrected chi connectivity index (χ1v) is 7.63. The highest BCUT2D eigenvalue weighted by Gasteiger charge is 2.32. The number of nitrogens with zero attached hydrogens (tertiary/aromatic N) is 3. The molecule has 0 saturated heterocycles. The molecule has 102 valence electrons. The van der Waals surface area contributed by atoms with Crippen molar-refractivity contribution in [3.8, 4) is 0 Å². The normalized spacial score (nSPS) is 16.3. The van der Waals surface area contributed by atoms with E-state index < -0.39 is 10.0 Å². The maximum Gasteiger partial charge on any atom is 0.262 e. The van der Waals surface area contributed by atoms with Crippen molar-refractivity contribution in [2.45, 2.75) is 17.9 Å². The smallest absolute Gasteiger partial charge is 0.262 e. The summed E-state index contributed by atoms with van der Waals surface area (Å²) in [5.41, 5.74) is 6.33. The summed E-state index contributed by atoms with van der Waals surface area (Å²) in [5, 5.41) is 0.0613. The predicted molar refractivity (Wildman–Crippen MR) is 72.1 cm³/mol. The fourth-order valence-electron chi connectivity index (χ4n) is 2.16. The Hall–Kier alpha value is -1.60. The molecule has 0 aromatic carbocycles. The van der Waals surface area contributed by atoms with Crippen LogP contribution >= 0.6 is 0 Å². The van der Waals surface area contributed by atoms with Crippen LogP contribution in [-0.4, -0.2) is 35.7 Å². The summed E-state index contributed by atoms with van der Waals surface area (Å²) in [6.07, 6.45) is 3.86. The maximum atomic E-state index is 12.6. The van der Waals surface area contributed by atoms with Crippen molar-refractivity contribution in [3.63, 3.8) is 0 Å². The Balaban J connectivity index is 2.09. The Morgan fingerprint density at radius 1 is 1.47 bits per heavy atom. The summed E-state index contributed by atoms with van der Waals surface area (Å²) in [4.78, 5) is 4.09. The van der Waals surface area contributed by atoms with Crippen molar-refractivity contribution >= 4 is 21.5 Å². The molecule has 2 aromatic heterocycles. The van der Waals surface area contributed by atoms with Crippen LogP contribution in [0.4, 0.5) is 5.82 Å². The highest BCUT2D eigenvalue weighted by atomic mass is 32.2. The molecule has 0 amide bonds. The quantitative estimate of drug-likeness (QED) is 0.904. The maximum absolute atomic E-state index is 12.6. The van der Waals surface area contributed by atoms with Crippen LogP contribution < -0.4 is 5.73 Å². The molecule has 0 bridgehead atoms. The van der Waals surface area contributed by atoms with E-state index >= 15 is 0 Å². The molecule has 2 heterocycles. The molecule has 2 aromatic rings. The van der Waals surface area contributed by atoms with Gasteiger partial charge in [0.15, 0.2) is 10.8 Å². The molecule has 1 fully saturated rings. The second-order valence-corrected chi connectivity index (χ2v) is 6.92. The largest absolute Gasteiger partial charge is 0.381 e. The molecule has 2 N–H and O–H groups in total. The van der Waals surface area contributed by atoms with E-state index in [-0.39, 0.29) is 10.8 Å². The van der Waals surface area contributed by atoms with Crippen LogP contribution in [0, 0.1) is 5.92 Å². The highest BCUT2D eigenvalue weighted by Crippen LogP contribution is 2.31. The van der Waals surface area contributed by atoms with E-state index in [4.69, 9.17) is 5.73 Å². The number of nitrogens with two attached hydrogens (primary N) is 1. The zero-order chi connectivity index (χ0) is 13.6. The number of sulfonamides is 1. The number of aromatic nitrogens is 2. The molecule has 6 nitrogen and oxygen atoms in total. The lowest BCUT2D eigenvalue weighted by Gasteiger charge is -2.16. The Bertz CT molecular complexity index is 718. The third kappa shape index (κ3) is 2.08. The summed E-state index contributed by atoms with van der Waals surface area (Å²) >= 11 is 0. The van der Waals surface area contributed by atoms with Gasteiger partial charge in [0.25, 0.3) is 10.0 Å². The van der Waals surface area contributed by atoms with Gasteiger partial charge in [0, 0.05) is 19.8 Å². The second-order valence-electron chi connectivity index (χ2n) is 4.96. The van der Waals surface area contributed by atoms with Crippen LogP contribution in [0.5, 0.6) is 0 Å². The van der Waals surface area contributed by atoms with Gasteiger partial charge in [0.05, 0.1) is 0 Å². The minimum Gasteiger partial charge on any atom is -0.381 e. The number of hydrogen-bond acceptors (Lipinski definition) is 4. The zero-order valence-electron chi connectivity index (χ0n) is 10.7. The molecular formula is C12H16N4O2S. The number of nitrogen functional groups attached to an aromatic ring is 1. The fraction of sp³-hybridized carbons (Fsp3) is 0.417. The first-order valence-electron chi connectivity index (χ1n) is 6.19. The second kappa shape index (κ2) is 4.21. The van der Waals surface area contributed by atoms with Crippen LogP contribution in [0.15, 0.2) is 29.4 Å². The fourth-order valence-corrected chi connectivity index (χ4v) is 3.57. The van der Waals surface area contributed by atoms with E-state index in [9.17, 15) is 8.42 Å². The van der Waals surface area contributed by atoms with Crippen LogP contribution in [0.2, 0.25) is 0 Å². The van der Waals surface area contributed by atoms with Crippen molar-refractivity contribution in [2.75, 3.05) is 19.3 Å². The Morgan fingerprint density at radius 2 is 2.21 bits per heavy atom.